The SMILES string of the molecule is Cc1nc(F)cc2ccc(C=O)cc12. The minimum Gasteiger partial charge on any atom is -0.298 e. The van der Waals surface area contributed by atoms with Crippen molar-refractivity contribution in [2.45, 2.75) is 6.92 Å². The fourth-order valence-electron chi connectivity index (χ4n) is 1.47. The van der Waals surface area contributed by atoms with Crippen LogP contribution in [0.15, 0.2) is 24.3 Å². The van der Waals surface area contributed by atoms with Crippen LogP contribution in [0.25, 0.3) is 10.8 Å². The summed E-state index contributed by atoms with van der Waals surface area (Å²) in [5.74, 6) is -0.492. The van der Waals surface area contributed by atoms with Crippen LogP contribution in [-0.4, -0.2) is 11.3 Å². The summed E-state index contributed by atoms with van der Waals surface area (Å²) in [4.78, 5) is 14.2. The summed E-state index contributed by atoms with van der Waals surface area (Å²) in [5.41, 5.74) is 1.18. The molecule has 0 unspecified atom stereocenters. The van der Waals surface area contributed by atoms with Crippen molar-refractivity contribution >= 4 is 17.1 Å². The summed E-state index contributed by atoms with van der Waals surface area (Å²) in [6.45, 7) is 1.72. The van der Waals surface area contributed by atoms with E-state index in [9.17, 15) is 9.18 Å². The molecule has 1 heterocycles. The summed E-state index contributed by atoms with van der Waals surface area (Å²) in [6.07, 6.45) is 0.766. The van der Waals surface area contributed by atoms with Crippen LogP contribution in [-0.2, 0) is 0 Å². The summed E-state index contributed by atoms with van der Waals surface area (Å²) in [6, 6.07) is 6.45. The number of hydrogen-bond acceptors (Lipinski definition) is 2. The molecular weight excluding hydrogens is 181 g/mol. The Morgan fingerprint density at radius 1 is 1.36 bits per heavy atom. The Kier molecular flexibility index (Phi) is 2.00. The van der Waals surface area contributed by atoms with Crippen molar-refractivity contribution in [2.24, 2.45) is 0 Å². The second kappa shape index (κ2) is 3.18. The van der Waals surface area contributed by atoms with E-state index in [2.05, 4.69) is 4.98 Å². The van der Waals surface area contributed by atoms with Gasteiger partial charge in [-0.25, -0.2) is 4.98 Å². The smallest absolute Gasteiger partial charge is 0.213 e. The van der Waals surface area contributed by atoms with Crippen LogP contribution < -0.4 is 0 Å². The number of pyridine rings is 1. The van der Waals surface area contributed by atoms with Gasteiger partial charge in [0.05, 0.1) is 0 Å². The van der Waals surface area contributed by atoms with E-state index < -0.39 is 5.95 Å². The normalized spacial score (nSPS) is 10.4. The molecule has 0 aliphatic carbocycles. The fourth-order valence-corrected chi connectivity index (χ4v) is 1.47. The van der Waals surface area contributed by atoms with E-state index in [1.165, 1.54) is 6.07 Å². The van der Waals surface area contributed by atoms with E-state index in [0.29, 0.717) is 11.3 Å². The first-order valence-electron chi connectivity index (χ1n) is 4.23. The molecule has 0 aliphatic rings. The Morgan fingerprint density at radius 3 is 2.86 bits per heavy atom. The van der Waals surface area contributed by atoms with Gasteiger partial charge in [0.2, 0.25) is 5.95 Å². The van der Waals surface area contributed by atoms with E-state index in [1.54, 1.807) is 25.1 Å². The first-order valence-corrected chi connectivity index (χ1v) is 4.23. The highest BCUT2D eigenvalue weighted by molar-refractivity contribution is 5.90. The zero-order valence-corrected chi connectivity index (χ0v) is 7.62. The molecule has 2 nitrogen and oxygen atoms in total. The maximum absolute atomic E-state index is 12.9. The highest BCUT2D eigenvalue weighted by atomic mass is 19.1. The number of fused-ring (bicyclic) bond motifs is 1. The van der Waals surface area contributed by atoms with Gasteiger partial charge in [0.25, 0.3) is 0 Å². The summed E-state index contributed by atoms with van der Waals surface area (Å²) < 4.78 is 12.9. The van der Waals surface area contributed by atoms with Crippen LogP contribution in [0, 0.1) is 12.9 Å². The molecule has 3 heteroatoms. The van der Waals surface area contributed by atoms with Crippen molar-refractivity contribution < 1.29 is 9.18 Å². The maximum atomic E-state index is 12.9. The van der Waals surface area contributed by atoms with E-state index in [-0.39, 0.29) is 0 Å². The Morgan fingerprint density at radius 2 is 2.14 bits per heavy atom. The third kappa shape index (κ3) is 1.37. The number of rotatable bonds is 1. The number of benzene rings is 1. The predicted molar refractivity (Wildman–Crippen MR) is 51.8 cm³/mol. The summed E-state index contributed by atoms with van der Waals surface area (Å²) >= 11 is 0. The average Bonchev–Trinajstić information content (AvgIpc) is 2.17. The number of halogens is 1. The van der Waals surface area contributed by atoms with Gasteiger partial charge < -0.3 is 0 Å². The van der Waals surface area contributed by atoms with Gasteiger partial charge in [-0.3, -0.25) is 4.79 Å². The lowest BCUT2D eigenvalue weighted by molar-refractivity contribution is 0.112. The molecule has 1 aromatic carbocycles. The molecule has 0 amide bonds. The molecule has 14 heavy (non-hydrogen) atoms. The molecule has 0 saturated carbocycles. The van der Waals surface area contributed by atoms with Crippen molar-refractivity contribution in [3.05, 3.63) is 41.5 Å². The highest BCUT2D eigenvalue weighted by Gasteiger charge is 2.02. The number of aldehydes is 1. The zero-order chi connectivity index (χ0) is 10.1. The van der Waals surface area contributed by atoms with Crippen LogP contribution in [0.5, 0.6) is 0 Å². The fraction of sp³-hybridized carbons (Fsp3) is 0.0909. The summed E-state index contributed by atoms with van der Waals surface area (Å²) in [5, 5.41) is 1.58. The Hall–Kier alpha value is -1.77. The van der Waals surface area contributed by atoms with Crippen molar-refractivity contribution in [1.29, 1.82) is 0 Å². The van der Waals surface area contributed by atoms with Crippen molar-refractivity contribution in [1.82, 2.24) is 4.98 Å². The highest BCUT2D eigenvalue weighted by Crippen LogP contribution is 2.18. The van der Waals surface area contributed by atoms with Gasteiger partial charge >= 0.3 is 0 Å². The molecular formula is C11H8FNO. The van der Waals surface area contributed by atoms with Crippen LogP contribution in [0.4, 0.5) is 4.39 Å². The molecule has 70 valence electrons. The van der Waals surface area contributed by atoms with Gasteiger partial charge in [-0.05, 0) is 18.4 Å². The van der Waals surface area contributed by atoms with E-state index in [4.69, 9.17) is 0 Å². The van der Waals surface area contributed by atoms with Gasteiger partial charge in [0.1, 0.15) is 6.29 Å². The van der Waals surface area contributed by atoms with Gasteiger partial charge in [0, 0.05) is 22.7 Å². The van der Waals surface area contributed by atoms with Crippen molar-refractivity contribution in [3.8, 4) is 0 Å². The number of hydrogen-bond donors (Lipinski definition) is 0. The first kappa shape index (κ1) is 8.81. The van der Waals surface area contributed by atoms with Crippen LogP contribution >= 0.6 is 0 Å². The molecule has 0 N–H and O–H groups in total. The number of nitrogens with zero attached hydrogens (tertiary/aromatic N) is 1. The number of aryl methyl sites for hydroxylation is 1. The molecule has 2 rings (SSSR count). The molecule has 2 aromatic rings. The largest absolute Gasteiger partial charge is 0.298 e. The Bertz CT molecular complexity index is 508. The molecule has 0 saturated heterocycles. The second-order valence-corrected chi connectivity index (χ2v) is 3.13. The topological polar surface area (TPSA) is 30.0 Å². The van der Waals surface area contributed by atoms with Crippen LogP contribution in [0.2, 0.25) is 0 Å². The standard InChI is InChI=1S/C11H8FNO/c1-7-10-4-8(6-14)2-3-9(10)5-11(12)13-7/h2-6H,1H3. The van der Waals surface area contributed by atoms with Gasteiger partial charge in [-0.1, -0.05) is 12.1 Å². The third-order valence-electron chi connectivity index (χ3n) is 2.15. The van der Waals surface area contributed by atoms with Crippen molar-refractivity contribution in [2.75, 3.05) is 0 Å². The zero-order valence-electron chi connectivity index (χ0n) is 7.62. The third-order valence-corrected chi connectivity index (χ3v) is 2.15. The molecule has 0 spiro atoms. The van der Waals surface area contributed by atoms with Crippen LogP contribution in [0.1, 0.15) is 16.1 Å². The average molecular weight is 189 g/mol. The van der Waals surface area contributed by atoms with Crippen molar-refractivity contribution in [3.63, 3.8) is 0 Å². The molecule has 0 atom stereocenters. The number of aromatic nitrogens is 1. The quantitative estimate of drug-likeness (QED) is 0.509. The summed E-state index contributed by atoms with van der Waals surface area (Å²) in [7, 11) is 0. The minimum atomic E-state index is -0.492. The van der Waals surface area contributed by atoms with E-state index >= 15 is 0 Å². The number of carbonyl (C=O) groups excluding carboxylic acids is 1. The lowest BCUT2D eigenvalue weighted by Gasteiger charge is -2.01. The Labute approximate surface area is 80.4 Å². The molecule has 0 aliphatic heterocycles. The molecule has 0 radical (unpaired) electrons. The molecule has 1 aromatic heterocycles. The molecule has 0 fully saturated rings. The van der Waals surface area contributed by atoms with Gasteiger partial charge in [0.15, 0.2) is 0 Å². The van der Waals surface area contributed by atoms with E-state index in [0.717, 1.165) is 17.1 Å². The monoisotopic (exact) mass is 189 g/mol. The maximum Gasteiger partial charge on any atom is 0.213 e. The Balaban J connectivity index is 2.81. The number of carbonyl (C=O) groups is 1. The predicted octanol–water partition coefficient (Wildman–Crippen LogP) is 2.49. The lowest BCUT2D eigenvalue weighted by Crippen LogP contribution is -1.90. The van der Waals surface area contributed by atoms with Gasteiger partial charge in [-0.15, -0.1) is 0 Å². The minimum absolute atomic E-state index is 0.492. The lowest BCUT2D eigenvalue weighted by atomic mass is 10.1. The van der Waals surface area contributed by atoms with Gasteiger partial charge in [-0.2, -0.15) is 4.39 Å². The second-order valence-electron chi connectivity index (χ2n) is 3.13. The van der Waals surface area contributed by atoms with E-state index in [1.807, 2.05) is 0 Å². The first-order chi connectivity index (χ1) is 6.70. The van der Waals surface area contributed by atoms with Crippen LogP contribution in [0.3, 0.4) is 0 Å². The molecule has 0 bridgehead atoms.